The molecule has 7 rings (SSSR count). The molecule has 16 heteroatoms. The number of likely N-dealkylation sites (tertiary alicyclic amines) is 2. The number of fused-ring (bicyclic) bond motifs is 1. The predicted molar refractivity (Wildman–Crippen MR) is 225 cm³/mol. The minimum Gasteiger partial charge on any atom is -0.497 e. The van der Waals surface area contributed by atoms with Gasteiger partial charge in [-0.15, -0.1) is 17.9 Å². The summed E-state index contributed by atoms with van der Waals surface area (Å²) in [5.74, 6) is -1.87. The number of methoxy groups -OCH3 is 1. The smallest absolute Gasteiger partial charge is 0.259 e. The molecule has 2 aliphatic heterocycles. The lowest BCUT2D eigenvalue weighted by atomic mass is 9.77. The van der Waals surface area contributed by atoms with E-state index in [9.17, 15) is 27.6 Å². The van der Waals surface area contributed by atoms with Crippen molar-refractivity contribution in [3.63, 3.8) is 0 Å². The summed E-state index contributed by atoms with van der Waals surface area (Å²) in [6.07, 6.45) is 4.86. The molecule has 1 aromatic carbocycles. The molecule has 4 amide bonds. The van der Waals surface area contributed by atoms with Crippen LogP contribution >= 0.6 is 11.3 Å². The number of pyridine rings is 1. The number of hydrogen-bond donors (Lipinski definition) is 2. The molecule has 2 saturated heterocycles. The number of rotatable bonds is 14. The second-order valence-corrected chi connectivity index (χ2v) is 20.7. The molecule has 14 nitrogen and oxygen atoms in total. The molecule has 4 heterocycles. The Morgan fingerprint density at radius 2 is 1.81 bits per heavy atom. The van der Waals surface area contributed by atoms with Crippen molar-refractivity contribution >= 4 is 55.9 Å². The van der Waals surface area contributed by atoms with E-state index >= 15 is 0 Å². The van der Waals surface area contributed by atoms with E-state index in [0.29, 0.717) is 59.0 Å². The van der Waals surface area contributed by atoms with Gasteiger partial charge in [0, 0.05) is 54.7 Å². The Labute approximate surface area is 350 Å². The van der Waals surface area contributed by atoms with Crippen LogP contribution in [0.2, 0.25) is 0 Å². The van der Waals surface area contributed by atoms with E-state index in [2.05, 4.69) is 30.5 Å². The summed E-state index contributed by atoms with van der Waals surface area (Å²) in [6, 6.07) is 6.20. The Kier molecular flexibility index (Phi) is 11.9. The van der Waals surface area contributed by atoms with Crippen LogP contribution in [0.1, 0.15) is 97.6 Å². The first-order valence-corrected chi connectivity index (χ1v) is 23.1. The van der Waals surface area contributed by atoms with Crippen molar-refractivity contribution < 1.29 is 37.1 Å². The Bertz CT molecular complexity index is 2240. The van der Waals surface area contributed by atoms with E-state index in [-0.39, 0.29) is 43.5 Å². The molecule has 4 fully saturated rings. The number of hydrogen-bond acceptors (Lipinski definition) is 11. The fourth-order valence-electron chi connectivity index (χ4n) is 8.16. The Balaban J connectivity index is 1.22. The number of aromatic nitrogens is 2. The number of piperidine rings is 1. The highest BCUT2D eigenvalue weighted by atomic mass is 32.2. The normalized spacial score (nSPS) is 23.8. The number of amides is 4. The first-order valence-electron chi connectivity index (χ1n) is 20.6. The van der Waals surface area contributed by atoms with Crippen LogP contribution in [0.5, 0.6) is 11.5 Å². The van der Waals surface area contributed by atoms with E-state index in [1.807, 2.05) is 55.3 Å². The Hall–Kier alpha value is -4.57. The van der Waals surface area contributed by atoms with Gasteiger partial charge >= 0.3 is 0 Å². The van der Waals surface area contributed by atoms with E-state index in [0.717, 1.165) is 25.0 Å². The quantitative estimate of drug-likeness (QED) is 0.195. The average molecular weight is 849 g/mol. The van der Waals surface area contributed by atoms with Crippen LogP contribution < -0.4 is 19.5 Å². The number of nitrogens with one attached hydrogen (secondary N) is 2. The predicted octanol–water partition coefficient (Wildman–Crippen LogP) is 5.57. The lowest BCUT2D eigenvalue weighted by Gasteiger charge is -2.36. The van der Waals surface area contributed by atoms with Crippen LogP contribution in [0.15, 0.2) is 42.3 Å². The molecule has 5 atom stereocenters. The van der Waals surface area contributed by atoms with Gasteiger partial charge in [-0.2, -0.15) is 0 Å². The minimum atomic E-state index is -3.90. The highest BCUT2D eigenvalue weighted by Crippen LogP contribution is 2.46. The van der Waals surface area contributed by atoms with Crippen molar-refractivity contribution in [1.82, 2.24) is 29.8 Å². The number of thiazole rings is 1. The minimum absolute atomic E-state index is 0.0189. The molecule has 0 radical (unpaired) electrons. The fraction of sp³-hybridized carbons (Fsp3) is 0.581. The largest absolute Gasteiger partial charge is 0.497 e. The third-order valence-corrected chi connectivity index (χ3v) is 14.8. The van der Waals surface area contributed by atoms with Gasteiger partial charge in [-0.05, 0) is 62.0 Å². The van der Waals surface area contributed by atoms with Crippen LogP contribution in [-0.4, -0.2) is 101 Å². The molecule has 2 saturated carbocycles. The third-order valence-electron chi connectivity index (χ3n) is 12.1. The van der Waals surface area contributed by atoms with E-state index in [1.54, 1.807) is 7.11 Å². The molecule has 2 aromatic heterocycles. The first-order chi connectivity index (χ1) is 27.9. The highest BCUT2D eigenvalue weighted by Gasteiger charge is 2.62. The maximum absolute atomic E-state index is 14.9. The van der Waals surface area contributed by atoms with Crippen molar-refractivity contribution in [2.24, 2.45) is 17.3 Å². The topological polar surface area (TPSA) is 177 Å². The molecule has 318 valence electrons. The maximum atomic E-state index is 14.9. The monoisotopic (exact) mass is 848 g/mol. The van der Waals surface area contributed by atoms with Gasteiger partial charge in [-0.25, -0.2) is 18.4 Å². The van der Waals surface area contributed by atoms with Gasteiger partial charge in [-0.3, -0.25) is 23.9 Å². The van der Waals surface area contributed by atoms with Gasteiger partial charge < -0.3 is 24.6 Å². The zero-order valence-corrected chi connectivity index (χ0v) is 36.4. The summed E-state index contributed by atoms with van der Waals surface area (Å²) < 4.78 is 40.2. The second-order valence-electron chi connectivity index (χ2n) is 17.8. The van der Waals surface area contributed by atoms with Crippen molar-refractivity contribution in [2.45, 2.75) is 115 Å². The van der Waals surface area contributed by atoms with Gasteiger partial charge in [-0.1, -0.05) is 40.7 Å². The van der Waals surface area contributed by atoms with Crippen molar-refractivity contribution in [1.29, 1.82) is 0 Å². The van der Waals surface area contributed by atoms with E-state index in [4.69, 9.17) is 19.4 Å². The van der Waals surface area contributed by atoms with Crippen LogP contribution in [0.4, 0.5) is 0 Å². The zero-order chi connectivity index (χ0) is 42.4. The number of carbonyl (C=O) groups excluding carboxylic acids is 4. The van der Waals surface area contributed by atoms with Gasteiger partial charge in [0.05, 0.1) is 36.0 Å². The molecular weight excluding hydrogens is 793 g/mol. The van der Waals surface area contributed by atoms with Crippen LogP contribution in [0, 0.1) is 17.3 Å². The number of sulfonamides is 1. The number of ether oxygens (including phenoxy) is 2. The van der Waals surface area contributed by atoms with E-state index in [1.165, 1.54) is 22.3 Å². The Morgan fingerprint density at radius 3 is 2.42 bits per heavy atom. The molecule has 0 spiro atoms. The number of benzene rings is 1. The van der Waals surface area contributed by atoms with Crippen LogP contribution in [0.3, 0.4) is 0 Å². The van der Waals surface area contributed by atoms with Gasteiger partial charge in [0.1, 0.15) is 39.9 Å². The summed E-state index contributed by atoms with van der Waals surface area (Å²) in [6.45, 7) is 15.0. The van der Waals surface area contributed by atoms with Crippen LogP contribution in [-0.2, 0) is 29.2 Å². The zero-order valence-electron chi connectivity index (χ0n) is 34.8. The summed E-state index contributed by atoms with van der Waals surface area (Å²) in [4.78, 5) is 69.9. The SMILES string of the molecule is C=CC1C[C@]1(NC(=O)[C@@H]1C[C@@H](Oc2cc(-c3nc(C(C)C)cs3)nc3cc(OC)ccc23)CN1C(=O)[C@@H](CC(=O)N1CCCCC1)C(C)(C)C)C(=O)NS(=O)(=O)C1CC1. The molecule has 1 unspecified atom stereocenters. The number of carbonyl (C=O) groups is 4. The standard InChI is InChI=1S/C43H56N6O8S2/c1-8-26-22-43(26,41(53)47-59(54,55)29-13-14-29)46-38(51)35-19-28(23-49(35)40(52)31(42(4,5)6)20-37(50)48-16-10-9-11-17-48)57-36-21-33(39-45-34(24-58-39)25(2)3)44-32-18-27(56-7)12-15-30(32)36/h8,12,15,18,21,24-26,28-29,31,35H,1,9-11,13-14,16-17,19-20,22-23H2,2-7H3,(H,46,51)(H,47,53)/t26?,28-,31-,35+,43-/m1/s1. The lowest BCUT2D eigenvalue weighted by Crippen LogP contribution is -2.57. The van der Waals surface area contributed by atoms with E-state index < -0.39 is 62.0 Å². The van der Waals surface area contributed by atoms with Gasteiger partial charge in [0.2, 0.25) is 27.7 Å². The summed E-state index contributed by atoms with van der Waals surface area (Å²) >= 11 is 1.48. The lowest BCUT2D eigenvalue weighted by molar-refractivity contribution is -0.148. The third kappa shape index (κ3) is 8.98. The number of nitrogens with zero attached hydrogens (tertiary/aromatic N) is 4. The second kappa shape index (κ2) is 16.5. The highest BCUT2D eigenvalue weighted by molar-refractivity contribution is 7.91. The molecule has 3 aromatic rings. The van der Waals surface area contributed by atoms with Gasteiger partial charge in [0.15, 0.2) is 0 Å². The Morgan fingerprint density at radius 1 is 1.08 bits per heavy atom. The fourth-order valence-corrected chi connectivity index (χ4v) is 10.5. The van der Waals surface area contributed by atoms with Crippen molar-refractivity contribution in [3.05, 3.63) is 48.0 Å². The molecule has 0 bridgehead atoms. The van der Waals surface area contributed by atoms with Crippen LogP contribution in [0.25, 0.3) is 21.6 Å². The summed E-state index contributed by atoms with van der Waals surface area (Å²) in [5, 5.41) is 5.65. The average Bonchev–Trinajstić information content (AvgIpc) is 4.08. The molecular formula is C43H56N6O8S2. The first kappa shape index (κ1) is 42.6. The maximum Gasteiger partial charge on any atom is 0.259 e. The molecule has 2 aliphatic carbocycles. The molecule has 4 aliphatic rings. The molecule has 2 N–H and O–H groups in total. The summed E-state index contributed by atoms with van der Waals surface area (Å²) in [7, 11) is -2.32. The van der Waals surface area contributed by atoms with Crippen molar-refractivity contribution in [2.75, 3.05) is 26.7 Å². The summed E-state index contributed by atoms with van der Waals surface area (Å²) in [5.41, 5.74) is -0.0408. The van der Waals surface area contributed by atoms with Gasteiger partial charge in [0.25, 0.3) is 5.91 Å². The molecule has 59 heavy (non-hydrogen) atoms. The van der Waals surface area contributed by atoms with Crippen molar-refractivity contribution in [3.8, 4) is 22.2 Å².